The van der Waals surface area contributed by atoms with Gasteiger partial charge in [-0.2, -0.15) is 0 Å². The molecule has 0 aliphatic rings. The van der Waals surface area contributed by atoms with Gasteiger partial charge in [-0.05, 0) is 31.0 Å². The first kappa shape index (κ1) is 20.2. The maximum absolute atomic E-state index is 11.8. The lowest BCUT2D eigenvalue weighted by atomic mass is 10.1. The lowest BCUT2D eigenvalue weighted by molar-refractivity contribution is -0.122. The molecule has 1 unspecified atom stereocenters. The molecule has 1 aromatic rings. The summed E-state index contributed by atoms with van der Waals surface area (Å²) in [4.78, 5) is 23.3. The van der Waals surface area contributed by atoms with Gasteiger partial charge in [0.15, 0.2) is 0 Å². The van der Waals surface area contributed by atoms with Crippen LogP contribution < -0.4 is 16.4 Å². The van der Waals surface area contributed by atoms with E-state index in [-0.39, 0.29) is 30.0 Å². The van der Waals surface area contributed by atoms with E-state index in [0.717, 1.165) is 6.42 Å². The molecule has 0 aliphatic heterocycles. The van der Waals surface area contributed by atoms with Gasteiger partial charge in [-0.1, -0.05) is 19.4 Å². The standard InChI is InChI=1S/C15H23N3O3.ClH/c1-2-5-13(16)15(21)18-9-4-8-17-14(20)11-6-3-7-12(19)10-11;/h3,6-7,10,13,19H,2,4-5,8-9,16H2,1H3,(H,17,20)(H,18,21);1H. The third kappa shape index (κ3) is 7.28. The van der Waals surface area contributed by atoms with E-state index < -0.39 is 6.04 Å². The smallest absolute Gasteiger partial charge is 0.251 e. The second-order valence-electron chi connectivity index (χ2n) is 4.85. The summed E-state index contributed by atoms with van der Waals surface area (Å²) in [5.74, 6) is -0.351. The molecule has 0 bridgehead atoms. The van der Waals surface area contributed by atoms with Crippen molar-refractivity contribution in [1.29, 1.82) is 0 Å². The Morgan fingerprint density at radius 1 is 1.27 bits per heavy atom. The minimum atomic E-state index is -0.461. The zero-order valence-corrected chi connectivity index (χ0v) is 13.5. The summed E-state index contributed by atoms with van der Waals surface area (Å²) in [7, 11) is 0. The van der Waals surface area contributed by atoms with Gasteiger partial charge in [0.2, 0.25) is 5.91 Å². The molecule has 124 valence electrons. The number of hydrogen-bond acceptors (Lipinski definition) is 4. The summed E-state index contributed by atoms with van der Waals surface area (Å²) in [6.07, 6.45) is 2.16. The van der Waals surface area contributed by atoms with Crippen LogP contribution in [-0.4, -0.2) is 36.1 Å². The molecule has 1 aromatic carbocycles. The second-order valence-corrected chi connectivity index (χ2v) is 4.85. The van der Waals surface area contributed by atoms with E-state index in [0.29, 0.717) is 31.5 Å². The third-order valence-electron chi connectivity index (χ3n) is 2.98. The normalized spacial score (nSPS) is 11.2. The predicted molar refractivity (Wildman–Crippen MR) is 88.2 cm³/mol. The van der Waals surface area contributed by atoms with Gasteiger partial charge >= 0.3 is 0 Å². The molecule has 22 heavy (non-hydrogen) atoms. The summed E-state index contributed by atoms with van der Waals surface area (Å²) < 4.78 is 0. The molecule has 1 atom stereocenters. The molecule has 0 radical (unpaired) electrons. The zero-order chi connectivity index (χ0) is 15.7. The van der Waals surface area contributed by atoms with Crippen molar-refractivity contribution >= 4 is 24.2 Å². The van der Waals surface area contributed by atoms with Gasteiger partial charge in [-0.25, -0.2) is 0 Å². The van der Waals surface area contributed by atoms with Crippen molar-refractivity contribution in [3.05, 3.63) is 29.8 Å². The molecule has 0 aliphatic carbocycles. The number of halogens is 1. The Balaban J connectivity index is 0.00000441. The highest BCUT2D eigenvalue weighted by Crippen LogP contribution is 2.10. The topological polar surface area (TPSA) is 104 Å². The average Bonchev–Trinajstić information content (AvgIpc) is 2.46. The minimum Gasteiger partial charge on any atom is -0.508 e. The lowest BCUT2D eigenvalue weighted by Crippen LogP contribution is -2.41. The van der Waals surface area contributed by atoms with E-state index in [1.165, 1.54) is 12.1 Å². The van der Waals surface area contributed by atoms with Gasteiger partial charge in [0.25, 0.3) is 5.91 Å². The largest absolute Gasteiger partial charge is 0.508 e. The number of nitrogens with one attached hydrogen (secondary N) is 2. The van der Waals surface area contributed by atoms with Crippen LogP contribution in [0, 0.1) is 0 Å². The van der Waals surface area contributed by atoms with Crippen LogP contribution in [-0.2, 0) is 4.79 Å². The molecule has 5 N–H and O–H groups in total. The van der Waals surface area contributed by atoms with Crippen LogP contribution in [0.25, 0.3) is 0 Å². The van der Waals surface area contributed by atoms with Gasteiger partial charge in [0, 0.05) is 18.7 Å². The van der Waals surface area contributed by atoms with Crippen molar-refractivity contribution in [2.24, 2.45) is 5.73 Å². The van der Waals surface area contributed by atoms with Crippen molar-refractivity contribution in [1.82, 2.24) is 10.6 Å². The van der Waals surface area contributed by atoms with Gasteiger partial charge < -0.3 is 21.5 Å². The molecule has 2 amide bonds. The highest BCUT2D eigenvalue weighted by molar-refractivity contribution is 5.94. The van der Waals surface area contributed by atoms with Crippen LogP contribution in [0.3, 0.4) is 0 Å². The number of carbonyl (C=O) groups excluding carboxylic acids is 2. The Bertz CT molecular complexity index is 483. The molecule has 0 heterocycles. The highest BCUT2D eigenvalue weighted by atomic mass is 35.5. The van der Waals surface area contributed by atoms with Gasteiger partial charge in [0.1, 0.15) is 5.75 Å². The number of phenols is 1. The fourth-order valence-corrected chi connectivity index (χ4v) is 1.82. The molecule has 0 saturated heterocycles. The Labute approximate surface area is 136 Å². The van der Waals surface area contributed by atoms with E-state index in [1.807, 2.05) is 6.92 Å². The maximum Gasteiger partial charge on any atom is 0.251 e. The number of nitrogens with two attached hydrogens (primary N) is 1. The lowest BCUT2D eigenvalue weighted by Gasteiger charge is -2.11. The van der Waals surface area contributed by atoms with Crippen molar-refractivity contribution in [2.75, 3.05) is 13.1 Å². The first-order chi connectivity index (χ1) is 10.0. The molecular weight excluding hydrogens is 306 g/mol. The quantitative estimate of drug-likeness (QED) is 0.537. The van der Waals surface area contributed by atoms with Crippen LogP contribution in [0.15, 0.2) is 24.3 Å². The van der Waals surface area contributed by atoms with Crippen molar-refractivity contribution in [3.63, 3.8) is 0 Å². The summed E-state index contributed by atoms with van der Waals surface area (Å²) in [6, 6.07) is 5.68. The number of benzene rings is 1. The number of amides is 2. The molecule has 0 spiro atoms. The Morgan fingerprint density at radius 3 is 2.59 bits per heavy atom. The zero-order valence-electron chi connectivity index (χ0n) is 12.7. The maximum atomic E-state index is 11.8. The van der Waals surface area contributed by atoms with E-state index in [4.69, 9.17) is 5.73 Å². The van der Waals surface area contributed by atoms with Crippen LogP contribution in [0.1, 0.15) is 36.5 Å². The first-order valence-corrected chi connectivity index (χ1v) is 7.15. The number of hydrogen-bond donors (Lipinski definition) is 4. The van der Waals surface area contributed by atoms with E-state index in [2.05, 4.69) is 10.6 Å². The summed E-state index contributed by atoms with van der Waals surface area (Å²) >= 11 is 0. The minimum absolute atomic E-state index is 0. The van der Waals surface area contributed by atoms with Crippen LogP contribution in [0.2, 0.25) is 0 Å². The number of rotatable bonds is 8. The monoisotopic (exact) mass is 329 g/mol. The number of aromatic hydroxyl groups is 1. The van der Waals surface area contributed by atoms with Crippen LogP contribution >= 0.6 is 12.4 Å². The average molecular weight is 330 g/mol. The molecule has 1 rings (SSSR count). The third-order valence-corrected chi connectivity index (χ3v) is 2.98. The molecule has 7 heteroatoms. The highest BCUT2D eigenvalue weighted by Gasteiger charge is 2.11. The van der Waals surface area contributed by atoms with Gasteiger partial charge in [-0.15, -0.1) is 12.4 Å². The summed E-state index contributed by atoms with van der Waals surface area (Å²) in [5.41, 5.74) is 6.08. The fraction of sp³-hybridized carbons (Fsp3) is 0.467. The van der Waals surface area contributed by atoms with Crippen molar-refractivity contribution in [2.45, 2.75) is 32.2 Å². The SMILES string of the molecule is CCCC(N)C(=O)NCCCNC(=O)c1cccc(O)c1.Cl. The number of carbonyl (C=O) groups is 2. The van der Waals surface area contributed by atoms with Crippen LogP contribution in [0.5, 0.6) is 5.75 Å². The molecule has 0 aromatic heterocycles. The molecule has 6 nitrogen and oxygen atoms in total. The molecule has 0 saturated carbocycles. The fourth-order valence-electron chi connectivity index (χ4n) is 1.82. The Kier molecular flexibility index (Phi) is 9.98. The van der Waals surface area contributed by atoms with E-state index in [1.54, 1.807) is 12.1 Å². The molecular formula is C15H24ClN3O3. The first-order valence-electron chi connectivity index (χ1n) is 7.15. The summed E-state index contributed by atoms with van der Waals surface area (Å²) in [5, 5.41) is 14.7. The Hall–Kier alpha value is -1.79. The van der Waals surface area contributed by atoms with E-state index >= 15 is 0 Å². The van der Waals surface area contributed by atoms with Crippen molar-refractivity contribution in [3.8, 4) is 5.75 Å². The predicted octanol–water partition coefficient (Wildman–Crippen LogP) is 1.18. The van der Waals surface area contributed by atoms with Crippen molar-refractivity contribution < 1.29 is 14.7 Å². The van der Waals surface area contributed by atoms with Crippen LogP contribution in [0.4, 0.5) is 0 Å². The Morgan fingerprint density at radius 2 is 1.95 bits per heavy atom. The van der Waals surface area contributed by atoms with Gasteiger partial charge in [-0.3, -0.25) is 9.59 Å². The summed E-state index contributed by atoms with van der Waals surface area (Å²) in [6.45, 7) is 2.89. The van der Waals surface area contributed by atoms with Gasteiger partial charge in [0.05, 0.1) is 6.04 Å². The second kappa shape index (κ2) is 10.9. The van der Waals surface area contributed by atoms with E-state index in [9.17, 15) is 14.7 Å². The number of phenolic OH excluding ortho intramolecular Hbond substituents is 1. The molecule has 0 fully saturated rings.